The molecule has 0 spiro atoms. The number of nitrogens with zero attached hydrogens (tertiary/aromatic N) is 1. The number of rotatable bonds is 2. The Morgan fingerprint density at radius 1 is 1.20 bits per heavy atom. The standard InChI is InChI=1S/C14H19F3N2O/c1-8-3-9(2)5-10(4-8)20-12-6-13(14(15,16)17)19-7-11(12)18/h6-10H,3-5,18H2,1-2H3. The number of halogens is 3. The first-order chi connectivity index (χ1) is 9.25. The van der Waals surface area contributed by atoms with Crippen LogP contribution in [0.3, 0.4) is 0 Å². The predicted octanol–water partition coefficient (Wildman–Crippen LogP) is 3.89. The van der Waals surface area contributed by atoms with Gasteiger partial charge in [0, 0.05) is 6.07 Å². The van der Waals surface area contributed by atoms with E-state index in [2.05, 4.69) is 18.8 Å². The topological polar surface area (TPSA) is 48.1 Å². The van der Waals surface area contributed by atoms with E-state index in [1.54, 1.807) is 0 Å². The zero-order valence-electron chi connectivity index (χ0n) is 11.6. The molecule has 1 aliphatic rings. The van der Waals surface area contributed by atoms with Crippen molar-refractivity contribution in [2.24, 2.45) is 11.8 Å². The van der Waals surface area contributed by atoms with Gasteiger partial charge in [0.2, 0.25) is 0 Å². The Balaban J connectivity index is 2.16. The molecule has 1 heterocycles. The third kappa shape index (κ3) is 3.55. The molecule has 2 unspecified atom stereocenters. The first kappa shape index (κ1) is 14.9. The third-order valence-electron chi connectivity index (χ3n) is 3.61. The minimum absolute atomic E-state index is 0.0821. The van der Waals surface area contributed by atoms with E-state index in [4.69, 9.17) is 10.5 Å². The fraction of sp³-hybridized carbons (Fsp3) is 0.643. The zero-order chi connectivity index (χ0) is 14.9. The van der Waals surface area contributed by atoms with Gasteiger partial charge >= 0.3 is 6.18 Å². The van der Waals surface area contributed by atoms with Crippen LogP contribution >= 0.6 is 0 Å². The fourth-order valence-corrected chi connectivity index (χ4v) is 2.85. The lowest BCUT2D eigenvalue weighted by Crippen LogP contribution is -2.29. The second-order valence-corrected chi connectivity index (χ2v) is 5.76. The minimum atomic E-state index is -4.49. The summed E-state index contributed by atoms with van der Waals surface area (Å²) in [6.45, 7) is 4.26. The van der Waals surface area contributed by atoms with E-state index in [1.165, 1.54) is 0 Å². The van der Waals surface area contributed by atoms with Gasteiger partial charge in [-0.25, -0.2) is 4.98 Å². The second kappa shape index (κ2) is 5.50. The summed E-state index contributed by atoms with van der Waals surface area (Å²) in [5.41, 5.74) is 4.83. The zero-order valence-corrected chi connectivity index (χ0v) is 11.6. The SMILES string of the molecule is CC1CC(C)CC(Oc2cc(C(F)(F)F)ncc2N)C1. The number of pyridine rings is 1. The summed E-state index contributed by atoms with van der Waals surface area (Å²) in [6.07, 6.45) is -0.757. The highest BCUT2D eigenvalue weighted by molar-refractivity contribution is 5.51. The van der Waals surface area contributed by atoms with E-state index in [0.717, 1.165) is 31.5 Å². The van der Waals surface area contributed by atoms with Crippen molar-refractivity contribution in [1.29, 1.82) is 0 Å². The van der Waals surface area contributed by atoms with E-state index in [0.29, 0.717) is 11.8 Å². The molecule has 2 atom stereocenters. The Kier molecular flexibility index (Phi) is 4.11. The van der Waals surface area contributed by atoms with Crippen LogP contribution in [-0.4, -0.2) is 11.1 Å². The highest BCUT2D eigenvalue weighted by Gasteiger charge is 2.34. The van der Waals surface area contributed by atoms with Gasteiger partial charge < -0.3 is 10.5 Å². The lowest BCUT2D eigenvalue weighted by atomic mass is 9.82. The smallest absolute Gasteiger partial charge is 0.433 e. The monoisotopic (exact) mass is 288 g/mol. The van der Waals surface area contributed by atoms with Crippen LogP contribution in [0.25, 0.3) is 0 Å². The van der Waals surface area contributed by atoms with E-state index in [1.807, 2.05) is 0 Å². The van der Waals surface area contributed by atoms with Gasteiger partial charge in [0.1, 0.15) is 11.4 Å². The number of ether oxygens (including phenoxy) is 1. The van der Waals surface area contributed by atoms with Crippen LogP contribution in [0.5, 0.6) is 5.75 Å². The third-order valence-corrected chi connectivity index (χ3v) is 3.61. The minimum Gasteiger partial charge on any atom is -0.488 e. The summed E-state index contributed by atoms with van der Waals surface area (Å²) in [6, 6.07) is 0.888. The van der Waals surface area contributed by atoms with Crippen LogP contribution in [0.4, 0.5) is 18.9 Å². The van der Waals surface area contributed by atoms with Gasteiger partial charge in [-0.05, 0) is 31.1 Å². The Hall–Kier alpha value is -1.46. The predicted molar refractivity (Wildman–Crippen MR) is 70.2 cm³/mol. The van der Waals surface area contributed by atoms with Crippen LogP contribution in [0.1, 0.15) is 38.8 Å². The molecular weight excluding hydrogens is 269 g/mol. The highest BCUT2D eigenvalue weighted by atomic mass is 19.4. The van der Waals surface area contributed by atoms with Crippen molar-refractivity contribution in [3.05, 3.63) is 18.0 Å². The molecule has 6 heteroatoms. The molecule has 2 N–H and O–H groups in total. The van der Waals surface area contributed by atoms with Crippen LogP contribution in [-0.2, 0) is 6.18 Å². The molecule has 1 aliphatic carbocycles. The lowest BCUT2D eigenvalue weighted by Gasteiger charge is -2.32. The van der Waals surface area contributed by atoms with Crippen molar-refractivity contribution in [3.8, 4) is 5.75 Å². The Bertz CT molecular complexity index is 466. The fourth-order valence-electron chi connectivity index (χ4n) is 2.85. The number of hydrogen-bond donors (Lipinski definition) is 1. The summed E-state index contributed by atoms with van der Waals surface area (Å²) in [4.78, 5) is 3.30. The van der Waals surface area contributed by atoms with Crippen LogP contribution < -0.4 is 10.5 Å². The van der Waals surface area contributed by atoms with Crippen molar-refractivity contribution in [1.82, 2.24) is 4.98 Å². The molecule has 0 aliphatic heterocycles. The molecule has 0 amide bonds. The van der Waals surface area contributed by atoms with Crippen molar-refractivity contribution in [2.75, 3.05) is 5.73 Å². The number of alkyl halides is 3. The summed E-state index contributed by atoms with van der Waals surface area (Å²) < 4.78 is 43.6. The number of aromatic nitrogens is 1. The van der Waals surface area contributed by atoms with Gasteiger partial charge in [0.05, 0.1) is 18.0 Å². The van der Waals surface area contributed by atoms with Gasteiger partial charge in [-0.2, -0.15) is 13.2 Å². The van der Waals surface area contributed by atoms with E-state index < -0.39 is 11.9 Å². The quantitative estimate of drug-likeness (QED) is 0.898. The molecule has 20 heavy (non-hydrogen) atoms. The summed E-state index contributed by atoms with van der Waals surface area (Å²) in [7, 11) is 0. The average Bonchev–Trinajstić information content (AvgIpc) is 2.29. The number of nitrogen functional groups attached to an aromatic ring is 1. The molecular formula is C14H19F3N2O. The Morgan fingerprint density at radius 3 is 2.35 bits per heavy atom. The van der Waals surface area contributed by atoms with E-state index in [9.17, 15) is 13.2 Å². The molecule has 1 aromatic rings. The Labute approximate surface area is 116 Å². The van der Waals surface area contributed by atoms with Crippen molar-refractivity contribution in [2.45, 2.75) is 45.4 Å². The molecule has 1 saturated carbocycles. The van der Waals surface area contributed by atoms with Crippen LogP contribution in [0.2, 0.25) is 0 Å². The summed E-state index contributed by atoms with van der Waals surface area (Å²) in [5, 5.41) is 0. The van der Waals surface area contributed by atoms with Crippen molar-refractivity contribution >= 4 is 5.69 Å². The van der Waals surface area contributed by atoms with Crippen LogP contribution in [0.15, 0.2) is 12.3 Å². The summed E-state index contributed by atoms with van der Waals surface area (Å²) >= 11 is 0. The van der Waals surface area contributed by atoms with Crippen molar-refractivity contribution in [3.63, 3.8) is 0 Å². The van der Waals surface area contributed by atoms with Gasteiger partial charge in [0.15, 0.2) is 0 Å². The maximum absolute atomic E-state index is 12.6. The van der Waals surface area contributed by atoms with Crippen LogP contribution in [0, 0.1) is 11.8 Å². The average molecular weight is 288 g/mol. The van der Waals surface area contributed by atoms with E-state index >= 15 is 0 Å². The first-order valence-corrected chi connectivity index (χ1v) is 6.75. The lowest BCUT2D eigenvalue weighted by molar-refractivity contribution is -0.141. The van der Waals surface area contributed by atoms with Crippen molar-refractivity contribution < 1.29 is 17.9 Å². The van der Waals surface area contributed by atoms with Gasteiger partial charge in [-0.15, -0.1) is 0 Å². The molecule has 3 nitrogen and oxygen atoms in total. The number of anilines is 1. The molecule has 0 bridgehead atoms. The van der Waals surface area contributed by atoms with Gasteiger partial charge in [-0.1, -0.05) is 13.8 Å². The largest absolute Gasteiger partial charge is 0.488 e. The number of hydrogen-bond acceptors (Lipinski definition) is 3. The normalized spacial score (nSPS) is 27.4. The number of nitrogens with two attached hydrogens (primary N) is 1. The molecule has 112 valence electrons. The van der Waals surface area contributed by atoms with E-state index in [-0.39, 0.29) is 17.5 Å². The van der Waals surface area contributed by atoms with Gasteiger partial charge in [0.25, 0.3) is 0 Å². The molecule has 1 aromatic heterocycles. The molecule has 0 radical (unpaired) electrons. The second-order valence-electron chi connectivity index (χ2n) is 5.76. The maximum atomic E-state index is 12.6. The maximum Gasteiger partial charge on any atom is 0.433 e. The molecule has 0 aromatic carbocycles. The first-order valence-electron chi connectivity index (χ1n) is 6.75. The molecule has 2 rings (SSSR count). The summed E-state index contributed by atoms with van der Waals surface area (Å²) in [5.74, 6) is 1.10. The highest BCUT2D eigenvalue weighted by Crippen LogP contribution is 2.35. The van der Waals surface area contributed by atoms with Gasteiger partial charge in [-0.3, -0.25) is 0 Å². The molecule has 0 saturated heterocycles. The molecule has 1 fully saturated rings. The Morgan fingerprint density at radius 2 is 1.80 bits per heavy atom.